The van der Waals surface area contributed by atoms with E-state index < -0.39 is 71.3 Å². The number of alkyl halides is 6. The third-order valence-corrected chi connectivity index (χ3v) is 4.37. The van der Waals surface area contributed by atoms with Crippen molar-refractivity contribution < 1.29 is 58.6 Å². The molecule has 0 unspecified atom stereocenters. The molecule has 2 amide bonds. The van der Waals surface area contributed by atoms with Crippen molar-refractivity contribution in [2.45, 2.75) is 12.5 Å². The summed E-state index contributed by atoms with van der Waals surface area (Å²) < 4.78 is 128. The minimum Gasteiger partial charge on any atom is -0.493 e. The summed E-state index contributed by atoms with van der Waals surface area (Å²) in [6.07, 6.45) is -9.53. The van der Waals surface area contributed by atoms with Gasteiger partial charge >= 0.3 is 12.5 Å². The van der Waals surface area contributed by atoms with E-state index in [2.05, 4.69) is 19.8 Å². The van der Waals surface area contributed by atoms with Gasteiger partial charge < -0.3 is 25.3 Å². The number of nitrogens with zero attached hydrogens (tertiary/aromatic N) is 1. The van der Waals surface area contributed by atoms with E-state index in [0.29, 0.717) is 18.2 Å². The number of methoxy groups -OCH3 is 1. The molecule has 0 fully saturated rings. The number of amides is 2. The molecule has 1 heterocycles. The number of anilines is 1. The normalized spacial score (nSPS) is 13.1. The molecule has 0 atom stereocenters. The molecule has 1 aromatic heterocycles. The fraction of sp³-hybridized carbons (Fsp3) is 0.136. The zero-order chi connectivity index (χ0) is 30.0. The van der Waals surface area contributed by atoms with Crippen LogP contribution in [0, 0.1) is 5.82 Å². The van der Waals surface area contributed by atoms with Crippen molar-refractivity contribution >= 4 is 17.5 Å². The quantitative estimate of drug-likeness (QED) is 0.397. The number of pyridine rings is 1. The Morgan fingerprint density at radius 3 is 2.30 bits per heavy atom. The second kappa shape index (κ2) is 10.2. The molecule has 0 saturated carbocycles. The van der Waals surface area contributed by atoms with E-state index in [4.69, 9.17) is 14.6 Å². The van der Waals surface area contributed by atoms with Crippen molar-refractivity contribution in [2.24, 2.45) is 5.73 Å². The van der Waals surface area contributed by atoms with Gasteiger partial charge in [-0.05, 0) is 36.4 Å². The largest absolute Gasteiger partial charge is 0.573 e. The lowest BCUT2D eigenvalue weighted by Gasteiger charge is -2.17. The molecule has 0 aliphatic rings. The van der Waals surface area contributed by atoms with Gasteiger partial charge in [-0.1, -0.05) is 0 Å². The highest BCUT2D eigenvalue weighted by atomic mass is 19.4. The van der Waals surface area contributed by atoms with Crippen LogP contribution in [0.25, 0.3) is 0 Å². The van der Waals surface area contributed by atoms with Crippen molar-refractivity contribution in [3.8, 4) is 23.0 Å². The second-order valence-corrected chi connectivity index (χ2v) is 6.94. The first-order valence-electron chi connectivity index (χ1n) is 11.1. The smallest absolute Gasteiger partial charge is 0.493 e. The molecule has 0 aliphatic heterocycles. The second-order valence-electron chi connectivity index (χ2n) is 6.94. The summed E-state index contributed by atoms with van der Waals surface area (Å²) in [4.78, 5) is 27.7. The molecule has 0 saturated heterocycles. The Morgan fingerprint density at radius 1 is 1.00 bits per heavy atom. The molecule has 0 bridgehead atoms. The maximum Gasteiger partial charge on any atom is 0.573 e. The third kappa shape index (κ3) is 6.77. The standard InChI is InChI=1S/C22H14F7N3O5/c1-35-18-6-11(37-22(27,28)29)3-5-16(18)36-17-8-13(21(24,25)26)14(23)7-12(17)20(34)32-10-2-4-15(19(30)33)31-9-10/h2-9H,1H3,(H2,30,33)(H,32,34)/i1D3. The SMILES string of the molecule is [2H]C([2H])([2H])Oc1cc(OC(F)(F)F)ccc1Oc1cc(C(F)(F)F)c(F)cc1C(=O)Nc1ccc(C(N)=O)nc1. The fourth-order valence-corrected chi connectivity index (χ4v) is 2.81. The summed E-state index contributed by atoms with van der Waals surface area (Å²) in [5.74, 6) is -7.73. The molecule has 0 spiro atoms. The predicted octanol–water partition coefficient (Wildman–Crippen LogP) is 5.29. The predicted molar refractivity (Wildman–Crippen MR) is 112 cm³/mol. The number of benzene rings is 2. The summed E-state index contributed by atoms with van der Waals surface area (Å²) in [6.45, 7) is 0. The molecule has 3 N–H and O–H groups in total. The maximum atomic E-state index is 14.4. The van der Waals surface area contributed by atoms with Crippen LogP contribution in [0.2, 0.25) is 0 Å². The highest BCUT2D eigenvalue weighted by molar-refractivity contribution is 6.06. The van der Waals surface area contributed by atoms with E-state index in [1.807, 2.05) is 0 Å². The third-order valence-electron chi connectivity index (χ3n) is 4.37. The summed E-state index contributed by atoms with van der Waals surface area (Å²) in [5, 5.41) is 2.18. The minimum absolute atomic E-state index is 0.0813. The molecule has 37 heavy (non-hydrogen) atoms. The van der Waals surface area contributed by atoms with Gasteiger partial charge in [-0.3, -0.25) is 9.59 Å². The Labute approximate surface area is 207 Å². The van der Waals surface area contributed by atoms with Gasteiger partial charge in [-0.25, -0.2) is 9.37 Å². The molecular formula is C22H14F7N3O5. The first-order valence-corrected chi connectivity index (χ1v) is 9.57. The van der Waals surface area contributed by atoms with E-state index >= 15 is 0 Å². The van der Waals surface area contributed by atoms with Gasteiger partial charge in [-0.15, -0.1) is 13.2 Å². The highest BCUT2D eigenvalue weighted by Crippen LogP contribution is 2.40. The zero-order valence-electron chi connectivity index (χ0n) is 20.8. The average Bonchev–Trinajstić information content (AvgIpc) is 2.79. The molecule has 0 radical (unpaired) electrons. The Kier molecular flexibility index (Phi) is 6.31. The zero-order valence-corrected chi connectivity index (χ0v) is 17.8. The van der Waals surface area contributed by atoms with Crippen LogP contribution in [0.3, 0.4) is 0 Å². The van der Waals surface area contributed by atoms with E-state index in [0.717, 1.165) is 18.3 Å². The van der Waals surface area contributed by atoms with Gasteiger partial charge in [0.1, 0.15) is 23.0 Å². The number of halogens is 7. The van der Waals surface area contributed by atoms with E-state index in [9.17, 15) is 40.3 Å². The van der Waals surface area contributed by atoms with Crippen LogP contribution in [0.15, 0.2) is 48.7 Å². The molecule has 0 aliphatic carbocycles. The average molecular weight is 536 g/mol. The topological polar surface area (TPSA) is 113 Å². The summed E-state index contributed by atoms with van der Waals surface area (Å²) in [6, 6.07) is 4.21. The Balaban J connectivity index is 2.08. The van der Waals surface area contributed by atoms with Gasteiger partial charge in [0.25, 0.3) is 11.8 Å². The van der Waals surface area contributed by atoms with Crippen molar-refractivity contribution in [3.63, 3.8) is 0 Å². The summed E-state index contributed by atoms with van der Waals surface area (Å²) in [7, 11) is -3.28. The molecule has 3 rings (SSSR count). The number of hydrogen-bond acceptors (Lipinski definition) is 6. The number of hydrogen-bond donors (Lipinski definition) is 2. The van der Waals surface area contributed by atoms with Crippen molar-refractivity contribution in [1.82, 2.24) is 4.98 Å². The Hall–Kier alpha value is -4.56. The number of nitrogens with two attached hydrogens (primary N) is 1. The summed E-state index contributed by atoms with van der Waals surface area (Å²) >= 11 is 0. The van der Waals surface area contributed by atoms with Crippen molar-refractivity contribution in [3.05, 3.63) is 71.3 Å². The number of nitrogens with one attached hydrogen (secondary N) is 1. The first kappa shape index (κ1) is 22.9. The van der Waals surface area contributed by atoms with Gasteiger partial charge in [0.15, 0.2) is 11.5 Å². The van der Waals surface area contributed by atoms with Gasteiger partial charge in [-0.2, -0.15) is 13.2 Å². The van der Waals surface area contributed by atoms with E-state index in [1.165, 1.54) is 0 Å². The van der Waals surface area contributed by atoms with Crippen LogP contribution in [0.5, 0.6) is 23.0 Å². The van der Waals surface area contributed by atoms with Crippen LogP contribution < -0.4 is 25.3 Å². The molecule has 2 aromatic carbocycles. The molecule has 3 aromatic rings. The Morgan fingerprint density at radius 2 is 1.73 bits per heavy atom. The number of carbonyl (C=O) groups excluding carboxylic acids is 2. The van der Waals surface area contributed by atoms with E-state index in [-0.39, 0.29) is 23.5 Å². The van der Waals surface area contributed by atoms with Gasteiger partial charge in [0.05, 0.1) is 34.2 Å². The van der Waals surface area contributed by atoms with Crippen LogP contribution in [0.4, 0.5) is 36.4 Å². The van der Waals surface area contributed by atoms with Crippen LogP contribution in [-0.2, 0) is 6.18 Å². The van der Waals surface area contributed by atoms with Crippen LogP contribution in [0.1, 0.15) is 30.5 Å². The number of aromatic nitrogens is 1. The summed E-state index contributed by atoms with van der Waals surface area (Å²) in [5.41, 5.74) is 2.01. The van der Waals surface area contributed by atoms with Crippen LogP contribution >= 0.6 is 0 Å². The van der Waals surface area contributed by atoms with Gasteiger partial charge in [0, 0.05) is 6.07 Å². The number of primary amides is 1. The van der Waals surface area contributed by atoms with Crippen molar-refractivity contribution in [1.29, 1.82) is 0 Å². The number of carbonyl (C=O) groups is 2. The lowest BCUT2D eigenvalue weighted by molar-refractivity contribution is -0.274. The maximum absolute atomic E-state index is 14.4. The number of ether oxygens (including phenoxy) is 3. The first-order chi connectivity index (χ1) is 18.3. The van der Waals surface area contributed by atoms with E-state index in [1.54, 1.807) is 0 Å². The lowest BCUT2D eigenvalue weighted by atomic mass is 10.1. The lowest BCUT2D eigenvalue weighted by Crippen LogP contribution is -2.17. The minimum atomic E-state index is -5.28. The fourth-order valence-electron chi connectivity index (χ4n) is 2.81. The van der Waals surface area contributed by atoms with Crippen molar-refractivity contribution in [2.75, 3.05) is 12.4 Å². The molecule has 196 valence electrons. The monoisotopic (exact) mass is 536 g/mol. The highest BCUT2D eigenvalue weighted by Gasteiger charge is 2.36. The molecular weight excluding hydrogens is 519 g/mol. The van der Waals surface area contributed by atoms with Gasteiger partial charge in [0.2, 0.25) is 0 Å². The molecule has 15 heteroatoms. The molecule has 8 nitrogen and oxygen atoms in total. The Bertz CT molecular complexity index is 1430. The number of rotatable bonds is 7. The van der Waals surface area contributed by atoms with Crippen LogP contribution in [-0.4, -0.2) is 30.2 Å².